The minimum atomic E-state index is -3.67. The van der Waals surface area contributed by atoms with E-state index in [1.807, 2.05) is 0 Å². The SMILES string of the molecule is CCCCCOc1ccc(S(=O)(=O)NCCC(=O)O)cc1. The molecule has 6 nitrogen and oxygen atoms in total. The number of hydrogen-bond acceptors (Lipinski definition) is 4. The largest absolute Gasteiger partial charge is 0.494 e. The highest BCUT2D eigenvalue weighted by Crippen LogP contribution is 2.16. The van der Waals surface area contributed by atoms with Crippen LogP contribution in [0.3, 0.4) is 0 Å². The van der Waals surface area contributed by atoms with Gasteiger partial charge in [-0.05, 0) is 30.7 Å². The van der Waals surface area contributed by atoms with Gasteiger partial charge >= 0.3 is 5.97 Å². The molecule has 0 unspecified atom stereocenters. The second kappa shape index (κ2) is 8.63. The van der Waals surface area contributed by atoms with Gasteiger partial charge in [0.25, 0.3) is 0 Å². The molecule has 0 heterocycles. The summed E-state index contributed by atoms with van der Waals surface area (Å²) in [6.45, 7) is 2.58. The Hall–Kier alpha value is -1.60. The zero-order valence-electron chi connectivity index (χ0n) is 12.0. The molecule has 1 aromatic carbocycles. The molecule has 1 rings (SSSR count). The van der Waals surface area contributed by atoms with Crippen LogP contribution in [0.2, 0.25) is 0 Å². The summed E-state index contributed by atoms with van der Waals surface area (Å²) in [5.41, 5.74) is 0. The smallest absolute Gasteiger partial charge is 0.304 e. The highest BCUT2D eigenvalue weighted by atomic mass is 32.2. The number of carbonyl (C=O) groups is 1. The highest BCUT2D eigenvalue weighted by molar-refractivity contribution is 7.89. The number of aliphatic carboxylic acids is 1. The Morgan fingerprint density at radius 1 is 1.24 bits per heavy atom. The first-order valence-corrected chi connectivity index (χ1v) is 8.38. The lowest BCUT2D eigenvalue weighted by Crippen LogP contribution is -2.26. The lowest BCUT2D eigenvalue weighted by Gasteiger charge is -2.08. The summed E-state index contributed by atoms with van der Waals surface area (Å²) in [6, 6.07) is 6.08. The van der Waals surface area contributed by atoms with Crippen LogP contribution >= 0.6 is 0 Å². The van der Waals surface area contributed by atoms with Crippen molar-refractivity contribution in [2.75, 3.05) is 13.2 Å². The van der Waals surface area contributed by atoms with Crippen molar-refractivity contribution in [1.82, 2.24) is 4.72 Å². The van der Waals surface area contributed by atoms with Crippen molar-refractivity contribution < 1.29 is 23.1 Å². The number of ether oxygens (including phenoxy) is 1. The molecule has 7 heteroatoms. The predicted octanol–water partition coefficient (Wildman–Crippen LogP) is 2.01. The maximum atomic E-state index is 11.9. The van der Waals surface area contributed by atoms with Crippen LogP contribution in [-0.2, 0) is 14.8 Å². The number of carboxylic acid groups (broad SMARTS) is 1. The molecule has 2 N–H and O–H groups in total. The Morgan fingerprint density at radius 2 is 1.90 bits per heavy atom. The van der Waals surface area contributed by atoms with Crippen molar-refractivity contribution in [3.05, 3.63) is 24.3 Å². The van der Waals surface area contributed by atoms with E-state index in [-0.39, 0.29) is 17.9 Å². The van der Waals surface area contributed by atoms with E-state index in [0.717, 1.165) is 19.3 Å². The fourth-order valence-corrected chi connectivity index (χ4v) is 2.66. The summed E-state index contributed by atoms with van der Waals surface area (Å²) in [5.74, 6) is -0.427. The van der Waals surface area contributed by atoms with Crippen LogP contribution in [0.15, 0.2) is 29.2 Å². The summed E-state index contributed by atoms with van der Waals surface area (Å²) >= 11 is 0. The third-order valence-electron chi connectivity index (χ3n) is 2.78. The molecule has 0 atom stereocenters. The molecule has 0 bridgehead atoms. The van der Waals surface area contributed by atoms with E-state index < -0.39 is 16.0 Å². The molecule has 0 aliphatic heterocycles. The topological polar surface area (TPSA) is 92.7 Å². The first-order chi connectivity index (χ1) is 9.95. The van der Waals surface area contributed by atoms with Crippen molar-refractivity contribution in [3.63, 3.8) is 0 Å². The minimum Gasteiger partial charge on any atom is -0.494 e. The fourth-order valence-electron chi connectivity index (χ4n) is 1.63. The molecule has 118 valence electrons. The monoisotopic (exact) mass is 315 g/mol. The third kappa shape index (κ3) is 6.59. The van der Waals surface area contributed by atoms with Gasteiger partial charge in [0.1, 0.15) is 5.75 Å². The number of sulfonamides is 1. The van der Waals surface area contributed by atoms with Crippen molar-refractivity contribution in [3.8, 4) is 5.75 Å². The highest BCUT2D eigenvalue weighted by Gasteiger charge is 2.13. The molecule has 0 saturated heterocycles. The molecular formula is C14H21NO5S. The van der Waals surface area contributed by atoms with E-state index >= 15 is 0 Å². The van der Waals surface area contributed by atoms with Crippen molar-refractivity contribution >= 4 is 16.0 Å². The summed E-state index contributed by atoms with van der Waals surface area (Å²) in [5, 5.41) is 8.49. The summed E-state index contributed by atoms with van der Waals surface area (Å²) < 4.78 is 31.5. The van der Waals surface area contributed by atoms with Crippen LogP contribution in [-0.4, -0.2) is 32.6 Å². The minimum absolute atomic E-state index is 0.0915. The molecular weight excluding hydrogens is 294 g/mol. The Bertz CT molecular complexity index is 539. The Kier molecular flexibility index (Phi) is 7.18. The Labute approximate surface area is 125 Å². The number of hydrogen-bond donors (Lipinski definition) is 2. The fraction of sp³-hybridized carbons (Fsp3) is 0.500. The van der Waals surface area contributed by atoms with Gasteiger partial charge in [0.2, 0.25) is 10.0 Å². The first kappa shape index (κ1) is 17.5. The van der Waals surface area contributed by atoms with Crippen LogP contribution in [0.1, 0.15) is 32.6 Å². The number of rotatable bonds is 10. The maximum Gasteiger partial charge on any atom is 0.304 e. The van der Waals surface area contributed by atoms with Crippen molar-refractivity contribution in [1.29, 1.82) is 0 Å². The average molecular weight is 315 g/mol. The van der Waals surface area contributed by atoms with Gasteiger partial charge in [-0.25, -0.2) is 13.1 Å². The van der Waals surface area contributed by atoms with Crippen molar-refractivity contribution in [2.24, 2.45) is 0 Å². The molecule has 0 aliphatic carbocycles. The van der Waals surface area contributed by atoms with Gasteiger partial charge in [0.15, 0.2) is 0 Å². The number of nitrogens with one attached hydrogen (secondary N) is 1. The summed E-state index contributed by atoms with van der Waals surface area (Å²) in [7, 11) is -3.67. The number of carboxylic acids is 1. The molecule has 0 saturated carbocycles. The Morgan fingerprint density at radius 3 is 2.48 bits per heavy atom. The number of benzene rings is 1. The molecule has 0 aliphatic rings. The van der Waals surface area contributed by atoms with E-state index in [1.165, 1.54) is 12.1 Å². The van der Waals surface area contributed by atoms with E-state index in [9.17, 15) is 13.2 Å². The van der Waals surface area contributed by atoms with Crippen LogP contribution < -0.4 is 9.46 Å². The van der Waals surface area contributed by atoms with Gasteiger partial charge in [0, 0.05) is 6.54 Å². The summed E-state index contributed by atoms with van der Waals surface area (Å²) in [6.07, 6.45) is 2.92. The lowest BCUT2D eigenvalue weighted by molar-refractivity contribution is -0.136. The third-order valence-corrected chi connectivity index (χ3v) is 4.26. The predicted molar refractivity (Wildman–Crippen MR) is 78.9 cm³/mol. The average Bonchev–Trinajstić information content (AvgIpc) is 2.43. The van der Waals surface area contributed by atoms with Crippen LogP contribution in [0.5, 0.6) is 5.75 Å². The van der Waals surface area contributed by atoms with Gasteiger partial charge in [0.05, 0.1) is 17.9 Å². The standard InChI is InChI=1S/C14H21NO5S/c1-2-3-4-11-20-12-5-7-13(8-6-12)21(18,19)15-10-9-14(16)17/h5-8,15H,2-4,9-11H2,1H3,(H,16,17). The van der Waals surface area contributed by atoms with Gasteiger partial charge in [-0.1, -0.05) is 19.8 Å². The normalized spacial score (nSPS) is 11.3. The Balaban J connectivity index is 2.53. The zero-order chi connectivity index (χ0) is 15.7. The van der Waals surface area contributed by atoms with Crippen molar-refractivity contribution in [2.45, 2.75) is 37.5 Å². The summed E-state index contributed by atoms with van der Waals surface area (Å²) in [4.78, 5) is 10.5. The second-order valence-electron chi connectivity index (χ2n) is 4.57. The van der Waals surface area contributed by atoms with E-state index in [0.29, 0.717) is 12.4 Å². The quantitative estimate of drug-likeness (QED) is 0.644. The van der Waals surface area contributed by atoms with Gasteiger partial charge in [-0.2, -0.15) is 0 Å². The molecule has 1 aromatic rings. The lowest BCUT2D eigenvalue weighted by atomic mass is 10.3. The molecule has 0 amide bonds. The van der Waals surface area contributed by atoms with Crippen LogP contribution in [0.4, 0.5) is 0 Å². The molecule has 0 fully saturated rings. The van der Waals surface area contributed by atoms with Crippen LogP contribution in [0.25, 0.3) is 0 Å². The van der Waals surface area contributed by atoms with Crippen LogP contribution in [0, 0.1) is 0 Å². The second-order valence-corrected chi connectivity index (χ2v) is 6.34. The van der Waals surface area contributed by atoms with Gasteiger partial charge in [-0.15, -0.1) is 0 Å². The zero-order valence-corrected chi connectivity index (χ0v) is 12.9. The molecule has 0 aromatic heterocycles. The maximum absolute atomic E-state index is 11.9. The van der Waals surface area contributed by atoms with E-state index in [2.05, 4.69) is 11.6 Å². The van der Waals surface area contributed by atoms with E-state index in [4.69, 9.17) is 9.84 Å². The first-order valence-electron chi connectivity index (χ1n) is 6.90. The van der Waals surface area contributed by atoms with Gasteiger partial charge in [-0.3, -0.25) is 4.79 Å². The van der Waals surface area contributed by atoms with Gasteiger partial charge < -0.3 is 9.84 Å². The molecule has 0 radical (unpaired) electrons. The van der Waals surface area contributed by atoms with E-state index in [1.54, 1.807) is 12.1 Å². The molecule has 21 heavy (non-hydrogen) atoms. The molecule has 0 spiro atoms. The number of unbranched alkanes of at least 4 members (excludes halogenated alkanes) is 2.